The molecule has 0 atom stereocenters. The van der Waals surface area contributed by atoms with Gasteiger partial charge in [0.2, 0.25) is 0 Å². The van der Waals surface area contributed by atoms with E-state index in [1.165, 1.54) is 39.6 Å². The Morgan fingerprint density at radius 1 is 1.04 bits per heavy atom. The molecule has 0 saturated heterocycles. The Morgan fingerprint density at radius 3 is 2.44 bits per heavy atom. The number of benzene rings is 2. The van der Waals surface area contributed by atoms with Crippen molar-refractivity contribution < 1.29 is 9.90 Å². The van der Waals surface area contributed by atoms with Gasteiger partial charge < -0.3 is 5.11 Å². The molecule has 1 N–H and O–H groups in total. The van der Waals surface area contributed by atoms with Crippen LogP contribution in [-0.2, 0) is 11.2 Å². The van der Waals surface area contributed by atoms with Gasteiger partial charge in [-0.3, -0.25) is 4.79 Å². The number of hydrogen-bond acceptors (Lipinski definition) is 4. The van der Waals surface area contributed by atoms with Gasteiger partial charge in [-0.25, -0.2) is 4.99 Å². The third-order valence-corrected chi connectivity index (χ3v) is 5.97. The number of rotatable bonds is 4. The Balaban J connectivity index is 1.55. The first-order valence-electron chi connectivity index (χ1n) is 7.89. The third-order valence-electron chi connectivity index (χ3n) is 4.09. The third kappa shape index (κ3) is 3.38. The number of hydrogen-bond donors (Lipinski definition) is 1. The van der Waals surface area contributed by atoms with E-state index in [2.05, 4.69) is 46.8 Å². The summed E-state index contributed by atoms with van der Waals surface area (Å²) in [6.45, 7) is 0. The summed E-state index contributed by atoms with van der Waals surface area (Å²) in [5, 5.41) is 12.9. The number of carboxylic acid groups (broad SMARTS) is 1. The number of carboxylic acids is 1. The molecule has 5 heteroatoms. The highest BCUT2D eigenvalue weighted by Crippen LogP contribution is 2.43. The fourth-order valence-corrected chi connectivity index (χ4v) is 4.63. The van der Waals surface area contributed by atoms with Crippen LogP contribution in [0.4, 0.5) is 5.00 Å². The molecule has 0 fully saturated rings. The highest BCUT2D eigenvalue weighted by Gasteiger charge is 2.22. The smallest absolute Gasteiger partial charge is 0.313 e. The Kier molecular flexibility index (Phi) is 4.42. The van der Waals surface area contributed by atoms with E-state index in [0.29, 0.717) is 0 Å². The van der Waals surface area contributed by atoms with Crippen LogP contribution in [0.2, 0.25) is 0 Å². The molecule has 2 heterocycles. The molecule has 124 valence electrons. The molecule has 0 spiro atoms. The summed E-state index contributed by atoms with van der Waals surface area (Å²) in [6, 6.07) is 18.9. The van der Waals surface area contributed by atoms with Crippen molar-refractivity contribution in [1.82, 2.24) is 0 Å². The summed E-state index contributed by atoms with van der Waals surface area (Å²) in [7, 11) is 0. The second-order valence-corrected chi connectivity index (χ2v) is 7.65. The van der Waals surface area contributed by atoms with Crippen LogP contribution in [0.25, 0.3) is 22.3 Å². The first-order chi connectivity index (χ1) is 12.2. The number of thioether (sulfide) groups is 1. The molecule has 2 aromatic carbocycles. The zero-order valence-electron chi connectivity index (χ0n) is 13.3. The first kappa shape index (κ1) is 16.1. The van der Waals surface area contributed by atoms with E-state index < -0.39 is 5.97 Å². The van der Waals surface area contributed by atoms with E-state index in [1.54, 1.807) is 11.3 Å². The number of aliphatic imine (C=N–C) groups is 1. The Labute approximate surface area is 154 Å². The first-order valence-corrected chi connectivity index (χ1v) is 9.75. The van der Waals surface area contributed by atoms with Crippen molar-refractivity contribution in [2.24, 2.45) is 4.99 Å². The second kappa shape index (κ2) is 6.86. The molecule has 0 radical (unpaired) electrons. The fourth-order valence-electron chi connectivity index (χ4n) is 2.88. The van der Waals surface area contributed by atoms with Crippen molar-refractivity contribution in [3.8, 4) is 22.3 Å². The van der Waals surface area contributed by atoms with Crippen LogP contribution in [-0.4, -0.2) is 21.9 Å². The maximum atomic E-state index is 10.7. The number of nitrogens with zero attached hydrogens (tertiary/aromatic N) is 1. The fraction of sp³-hybridized carbons (Fsp3) is 0.100. The lowest BCUT2D eigenvalue weighted by Gasteiger charge is -2.05. The molecular weight excluding hydrogens is 350 g/mol. The van der Waals surface area contributed by atoms with Crippen molar-refractivity contribution in [3.05, 3.63) is 65.5 Å². The maximum absolute atomic E-state index is 10.7. The lowest BCUT2D eigenvalue weighted by molar-refractivity contribution is -0.133. The van der Waals surface area contributed by atoms with Crippen LogP contribution in [0.5, 0.6) is 0 Å². The number of fused-ring (bicyclic) bond motifs is 1. The number of thiophene rings is 1. The van der Waals surface area contributed by atoms with Gasteiger partial charge >= 0.3 is 5.97 Å². The lowest BCUT2D eigenvalue weighted by atomic mass is 9.99. The van der Waals surface area contributed by atoms with Crippen LogP contribution < -0.4 is 0 Å². The molecule has 0 aliphatic carbocycles. The van der Waals surface area contributed by atoms with Crippen LogP contribution in [0.1, 0.15) is 5.56 Å². The minimum absolute atomic E-state index is 0.0644. The van der Waals surface area contributed by atoms with Gasteiger partial charge in [-0.2, -0.15) is 0 Å². The van der Waals surface area contributed by atoms with Crippen molar-refractivity contribution in [1.29, 1.82) is 0 Å². The topological polar surface area (TPSA) is 49.7 Å². The average Bonchev–Trinajstić information content (AvgIpc) is 3.21. The molecule has 1 aromatic heterocycles. The van der Waals surface area contributed by atoms with Crippen LogP contribution in [0, 0.1) is 0 Å². The van der Waals surface area contributed by atoms with E-state index in [4.69, 9.17) is 5.11 Å². The van der Waals surface area contributed by atoms with Crippen LogP contribution in [0.15, 0.2) is 65.0 Å². The minimum atomic E-state index is -0.806. The highest BCUT2D eigenvalue weighted by molar-refractivity contribution is 8.14. The Bertz CT molecular complexity index is 944. The van der Waals surface area contributed by atoms with Crippen molar-refractivity contribution >= 4 is 39.1 Å². The molecule has 4 rings (SSSR count). The van der Waals surface area contributed by atoms with Crippen LogP contribution in [0.3, 0.4) is 0 Å². The van der Waals surface area contributed by atoms with E-state index in [9.17, 15) is 4.79 Å². The average molecular weight is 365 g/mol. The largest absolute Gasteiger partial charge is 0.481 e. The SMILES string of the molecule is O=C(O)CSC1=Nc2scc(-c3ccc(-c4ccccc4)cc3)c2C1. The summed E-state index contributed by atoms with van der Waals surface area (Å²) in [5.41, 5.74) is 6.00. The monoisotopic (exact) mass is 365 g/mol. The van der Waals surface area contributed by atoms with E-state index in [1.807, 2.05) is 18.2 Å². The van der Waals surface area contributed by atoms with Gasteiger partial charge in [0.05, 0.1) is 10.8 Å². The molecule has 25 heavy (non-hydrogen) atoms. The van der Waals surface area contributed by atoms with Crippen LogP contribution >= 0.6 is 23.1 Å². The molecule has 0 bridgehead atoms. The van der Waals surface area contributed by atoms with E-state index in [-0.39, 0.29) is 5.75 Å². The predicted octanol–water partition coefficient (Wildman–Crippen LogP) is 5.49. The van der Waals surface area contributed by atoms with E-state index >= 15 is 0 Å². The highest BCUT2D eigenvalue weighted by atomic mass is 32.2. The summed E-state index contributed by atoms with van der Waals surface area (Å²) in [6.07, 6.45) is 0.729. The van der Waals surface area contributed by atoms with Gasteiger partial charge in [-0.15, -0.1) is 11.3 Å². The standard InChI is InChI=1S/C20H15NO2S2/c22-19(23)12-24-18-10-16-17(11-25-20(16)21-18)15-8-6-14(7-9-15)13-4-2-1-3-5-13/h1-9,11H,10,12H2,(H,22,23). The van der Waals surface area contributed by atoms with Gasteiger partial charge in [-0.05, 0) is 22.3 Å². The molecule has 0 saturated carbocycles. The second-order valence-electron chi connectivity index (χ2n) is 5.74. The number of aliphatic carboxylic acids is 1. The summed E-state index contributed by atoms with van der Waals surface area (Å²) < 4.78 is 0. The summed E-state index contributed by atoms with van der Waals surface area (Å²) >= 11 is 2.94. The van der Waals surface area contributed by atoms with Gasteiger partial charge in [0.25, 0.3) is 0 Å². The molecular formula is C20H15NO2S2. The van der Waals surface area contributed by atoms with Gasteiger partial charge in [0.1, 0.15) is 5.00 Å². The molecule has 0 amide bonds. The van der Waals surface area contributed by atoms with Crippen molar-refractivity contribution in [2.75, 3.05) is 5.75 Å². The Morgan fingerprint density at radius 2 is 1.72 bits per heavy atom. The molecule has 0 unspecified atom stereocenters. The number of carbonyl (C=O) groups is 1. The zero-order valence-corrected chi connectivity index (χ0v) is 14.9. The van der Waals surface area contributed by atoms with Gasteiger partial charge in [-0.1, -0.05) is 66.4 Å². The lowest BCUT2D eigenvalue weighted by Crippen LogP contribution is -2.02. The molecule has 3 nitrogen and oxygen atoms in total. The zero-order chi connectivity index (χ0) is 17.2. The van der Waals surface area contributed by atoms with Gasteiger partial charge in [0.15, 0.2) is 0 Å². The minimum Gasteiger partial charge on any atom is -0.481 e. The molecule has 3 aromatic rings. The summed E-state index contributed by atoms with van der Waals surface area (Å²) in [5.74, 6) is -0.741. The normalized spacial score (nSPS) is 12.7. The van der Waals surface area contributed by atoms with E-state index in [0.717, 1.165) is 16.5 Å². The van der Waals surface area contributed by atoms with Crippen molar-refractivity contribution in [2.45, 2.75) is 6.42 Å². The van der Waals surface area contributed by atoms with Gasteiger partial charge in [0, 0.05) is 17.4 Å². The summed E-state index contributed by atoms with van der Waals surface area (Å²) in [4.78, 5) is 15.3. The van der Waals surface area contributed by atoms with Crippen molar-refractivity contribution in [3.63, 3.8) is 0 Å². The predicted molar refractivity (Wildman–Crippen MR) is 106 cm³/mol. The maximum Gasteiger partial charge on any atom is 0.313 e. The quantitative estimate of drug-likeness (QED) is 0.665. The molecule has 1 aliphatic heterocycles. The molecule has 1 aliphatic rings. The Hall–Kier alpha value is -2.37.